The molecule has 1 heterocycles. The van der Waals surface area contributed by atoms with Crippen LogP contribution in [0.1, 0.15) is 53.4 Å². The van der Waals surface area contributed by atoms with E-state index in [9.17, 15) is 8.42 Å². The molecule has 4 nitrogen and oxygen atoms in total. The lowest BCUT2D eigenvalue weighted by molar-refractivity contribution is 0.219. The van der Waals surface area contributed by atoms with Gasteiger partial charge in [-0.3, -0.25) is 0 Å². The molecule has 3 atom stereocenters. The summed E-state index contributed by atoms with van der Waals surface area (Å²) in [6.45, 7) is 10.0. The van der Waals surface area contributed by atoms with Gasteiger partial charge in [-0.15, -0.1) is 0 Å². The van der Waals surface area contributed by atoms with Crippen molar-refractivity contribution in [3.05, 3.63) is 0 Å². The zero-order chi connectivity index (χ0) is 14.3. The lowest BCUT2D eigenvalue weighted by Gasteiger charge is -2.34. The minimum atomic E-state index is -3.30. The van der Waals surface area contributed by atoms with Crippen molar-refractivity contribution in [2.45, 2.75) is 59.4 Å². The largest absolute Gasteiger partial charge is 0.279 e. The molecule has 0 bridgehead atoms. The van der Waals surface area contributed by atoms with Gasteiger partial charge in [-0.2, -0.15) is 17.4 Å². The molecule has 1 aliphatic carbocycles. The van der Waals surface area contributed by atoms with E-state index >= 15 is 0 Å². The minimum Gasteiger partial charge on any atom is -0.199 e. The zero-order valence-corrected chi connectivity index (χ0v) is 13.5. The highest BCUT2D eigenvalue weighted by molar-refractivity contribution is 7.87. The smallest absolute Gasteiger partial charge is 0.199 e. The van der Waals surface area contributed by atoms with Gasteiger partial charge in [-0.25, -0.2) is 0 Å². The molecule has 0 radical (unpaired) electrons. The Labute approximate surface area is 118 Å². The Bertz CT molecular complexity index is 409. The van der Waals surface area contributed by atoms with Gasteiger partial charge in [-0.1, -0.05) is 27.7 Å². The topological polar surface area (TPSA) is 49.4 Å². The Hall–Kier alpha value is -0.130. The summed E-state index contributed by atoms with van der Waals surface area (Å²) in [5.74, 6) is 0.917. The number of piperidine rings is 1. The van der Waals surface area contributed by atoms with Gasteiger partial charge in [0.25, 0.3) is 10.2 Å². The Morgan fingerprint density at radius 2 is 1.74 bits per heavy atom. The Kier molecular flexibility index (Phi) is 4.29. The van der Waals surface area contributed by atoms with Gasteiger partial charge in [0.15, 0.2) is 0 Å². The Balaban J connectivity index is 1.98. The van der Waals surface area contributed by atoms with E-state index in [1.165, 1.54) is 0 Å². The molecule has 2 fully saturated rings. The van der Waals surface area contributed by atoms with Gasteiger partial charge in [0.2, 0.25) is 0 Å². The number of hydrogen-bond donors (Lipinski definition) is 1. The van der Waals surface area contributed by atoms with E-state index in [1.807, 2.05) is 0 Å². The van der Waals surface area contributed by atoms with Gasteiger partial charge in [-0.05, 0) is 42.9 Å². The van der Waals surface area contributed by atoms with Crippen LogP contribution in [0.4, 0.5) is 0 Å². The summed E-state index contributed by atoms with van der Waals surface area (Å²) < 4.78 is 29.5. The summed E-state index contributed by atoms with van der Waals surface area (Å²) in [4.78, 5) is 0. The molecular formula is C14H28N2O2S. The van der Waals surface area contributed by atoms with Crippen LogP contribution in [0.15, 0.2) is 0 Å². The molecule has 0 aromatic rings. The second kappa shape index (κ2) is 5.34. The van der Waals surface area contributed by atoms with Crippen LogP contribution >= 0.6 is 0 Å². The fourth-order valence-electron chi connectivity index (χ4n) is 3.62. The van der Waals surface area contributed by atoms with E-state index in [4.69, 9.17) is 0 Å². The fourth-order valence-corrected chi connectivity index (χ4v) is 5.30. The SMILES string of the molecule is CC1CC(C)CN(S(=O)(=O)NC2CCC(C)(C)C2)C1. The first-order valence-electron chi connectivity index (χ1n) is 7.45. The molecule has 0 amide bonds. The first kappa shape index (κ1) is 15.3. The molecule has 2 aliphatic rings. The average molecular weight is 288 g/mol. The normalized spacial score (nSPS) is 36.5. The molecular weight excluding hydrogens is 260 g/mol. The van der Waals surface area contributed by atoms with Crippen LogP contribution in [0, 0.1) is 17.3 Å². The molecule has 1 N–H and O–H groups in total. The summed E-state index contributed by atoms with van der Waals surface area (Å²) in [5, 5.41) is 0. The molecule has 1 saturated carbocycles. The summed E-state index contributed by atoms with van der Waals surface area (Å²) in [5.41, 5.74) is 0.273. The van der Waals surface area contributed by atoms with Crippen molar-refractivity contribution in [1.29, 1.82) is 0 Å². The highest BCUT2D eigenvalue weighted by Gasteiger charge is 2.36. The van der Waals surface area contributed by atoms with Crippen LogP contribution in [0.25, 0.3) is 0 Å². The van der Waals surface area contributed by atoms with E-state index in [1.54, 1.807) is 4.31 Å². The summed E-state index contributed by atoms with van der Waals surface area (Å²) in [7, 11) is -3.30. The Morgan fingerprint density at radius 3 is 2.21 bits per heavy atom. The quantitative estimate of drug-likeness (QED) is 0.867. The minimum absolute atomic E-state index is 0.118. The first-order valence-corrected chi connectivity index (χ1v) is 8.89. The lowest BCUT2D eigenvalue weighted by Crippen LogP contribution is -2.50. The molecule has 0 aromatic carbocycles. The average Bonchev–Trinajstić information content (AvgIpc) is 2.55. The van der Waals surface area contributed by atoms with Crippen LogP contribution in [0.2, 0.25) is 0 Å². The van der Waals surface area contributed by atoms with E-state index in [2.05, 4.69) is 32.4 Å². The molecule has 0 aromatic heterocycles. The molecule has 3 unspecified atom stereocenters. The summed E-state index contributed by atoms with van der Waals surface area (Å²) >= 11 is 0. The maximum Gasteiger partial charge on any atom is 0.279 e. The van der Waals surface area contributed by atoms with E-state index in [0.29, 0.717) is 24.9 Å². The van der Waals surface area contributed by atoms with Crippen molar-refractivity contribution < 1.29 is 8.42 Å². The number of rotatable bonds is 3. The fraction of sp³-hybridized carbons (Fsp3) is 1.00. The third-order valence-corrected chi connectivity index (χ3v) is 6.07. The van der Waals surface area contributed by atoms with Crippen LogP contribution in [-0.2, 0) is 10.2 Å². The highest BCUT2D eigenvalue weighted by atomic mass is 32.2. The highest BCUT2D eigenvalue weighted by Crippen LogP contribution is 2.37. The first-order chi connectivity index (χ1) is 8.68. The van der Waals surface area contributed by atoms with E-state index in [-0.39, 0.29) is 11.5 Å². The van der Waals surface area contributed by atoms with Crippen molar-refractivity contribution in [3.63, 3.8) is 0 Å². The lowest BCUT2D eigenvalue weighted by atomic mass is 9.92. The number of nitrogens with one attached hydrogen (secondary N) is 1. The van der Waals surface area contributed by atoms with Crippen LogP contribution in [-0.4, -0.2) is 31.9 Å². The molecule has 112 valence electrons. The van der Waals surface area contributed by atoms with E-state index in [0.717, 1.165) is 25.7 Å². The molecule has 1 saturated heterocycles. The van der Waals surface area contributed by atoms with Crippen molar-refractivity contribution in [2.75, 3.05) is 13.1 Å². The second-order valence-corrected chi connectivity index (χ2v) is 9.19. The monoisotopic (exact) mass is 288 g/mol. The maximum absolute atomic E-state index is 12.5. The molecule has 2 rings (SSSR count). The van der Waals surface area contributed by atoms with Gasteiger partial charge >= 0.3 is 0 Å². The zero-order valence-electron chi connectivity index (χ0n) is 12.6. The summed E-state index contributed by atoms with van der Waals surface area (Å²) in [6, 6.07) is 0.118. The van der Waals surface area contributed by atoms with Crippen LogP contribution in [0.5, 0.6) is 0 Å². The van der Waals surface area contributed by atoms with Crippen molar-refractivity contribution >= 4 is 10.2 Å². The molecule has 1 aliphatic heterocycles. The van der Waals surface area contributed by atoms with Crippen molar-refractivity contribution in [2.24, 2.45) is 17.3 Å². The van der Waals surface area contributed by atoms with Gasteiger partial charge < -0.3 is 0 Å². The Morgan fingerprint density at radius 1 is 1.16 bits per heavy atom. The predicted molar refractivity (Wildman–Crippen MR) is 78.0 cm³/mol. The third-order valence-electron chi connectivity index (χ3n) is 4.46. The third kappa shape index (κ3) is 3.92. The molecule has 5 heteroatoms. The maximum atomic E-state index is 12.5. The van der Waals surface area contributed by atoms with Gasteiger partial charge in [0, 0.05) is 19.1 Å². The van der Waals surface area contributed by atoms with Crippen molar-refractivity contribution in [1.82, 2.24) is 9.03 Å². The van der Waals surface area contributed by atoms with Crippen molar-refractivity contribution in [3.8, 4) is 0 Å². The molecule has 0 spiro atoms. The van der Waals surface area contributed by atoms with Crippen LogP contribution < -0.4 is 4.72 Å². The second-order valence-electron chi connectivity index (χ2n) is 7.49. The number of hydrogen-bond acceptors (Lipinski definition) is 2. The van der Waals surface area contributed by atoms with Gasteiger partial charge in [0.1, 0.15) is 0 Å². The number of nitrogens with zero attached hydrogens (tertiary/aromatic N) is 1. The van der Waals surface area contributed by atoms with Gasteiger partial charge in [0.05, 0.1) is 0 Å². The standard InChI is InChI=1S/C14H28N2O2S/c1-11-7-12(2)10-16(9-11)19(17,18)15-13-5-6-14(3,4)8-13/h11-13,15H,5-10H2,1-4H3. The van der Waals surface area contributed by atoms with Crippen LogP contribution in [0.3, 0.4) is 0 Å². The predicted octanol–water partition coefficient (Wildman–Crippen LogP) is 2.38. The summed E-state index contributed by atoms with van der Waals surface area (Å²) in [6.07, 6.45) is 4.14. The van der Waals surface area contributed by atoms with E-state index < -0.39 is 10.2 Å². The molecule has 19 heavy (non-hydrogen) atoms.